The lowest BCUT2D eigenvalue weighted by atomic mass is 9.98. The molecule has 1 saturated heterocycles. The number of hydrogen-bond acceptors (Lipinski definition) is 4. The van der Waals surface area contributed by atoms with Gasteiger partial charge >= 0.3 is 0 Å². The maximum atomic E-state index is 12.4. The molecule has 0 saturated carbocycles. The Morgan fingerprint density at radius 3 is 2.81 bits per heavy atom. The Hall–Kier alpha value is -1.24. The van der Waals surface area contributed by atoms with E-state index in [0.717, 1.165) is 23.7 Å². The van der Waals surface area contributed by atoms with Crippen molar-refractivity contribution in [2.24, 2.45) is 0 Å². The first-order valence-corrected chi connectivity index (χ1v) is 10.4. The number of carbonyl (C=O) groups is 2. The van der Waals surface area contributed by atoms with Gasteiger partial charge in [0.05, 0.1) is 10.9 Å². The Morgan fingerprint density at radius 1 is 1.35 bits per heavy atom. The molecule has 2 N–H and O–H groups in total. The van der Waals surface area contributed by atoms with Gasteiger partial charge in [0.15, 0.2) is 0 Å². The van der Waals surface area contributed by atoms with Crippen LogP contribution in [0.2, 0.25) is 5.02 Å². The third-order valence-corrected chi connectivity index (χ3v) is 6.57. The molecule has 1 fully saturated rings. The zero-order chi connectivity index (χ0) is 18.7. The van der Waals surface area contributed by atoms with Crippen molar-refractivity contribution in [1.82, 2.24) is 10.2 Å². The van der Waals surface area contributed by atoms with Crippen LogP contribution in [0, 0.1) is 0 Å². The molecule has 26 heavy (non-hydrogen) atoms. The number of amides is 2. The number of fused-ring (bicyclic) bond motifs is 1. The molecule has 1 aromatic carbocycles. The highest BCUT2D eigenvalue weighted by Gasteiger charge is 2.31. The molecule has 2 aliphatic heterocycles. The minimum absolute atomic E-state index is 0.0681. The highest BCUT2D eigenvalue weighted by atomic mass is 35.5. The average Bonchev–Trinajstić information content (AvgIpc) is 2.62. The van der Waals surface area contributed by atoms with E-state index in [2.05, 4.69) is 29.4 Å². The number of nitrogens with one attached hydrogen (secondary N) is 2. The van der Waals surface area contributed by atoms with E-state index in [4.69, 9.17) is 11.6 Å². The number of halogens is 1. The zero-order valence-electron chi connectivity index (χ0n) is 15.3. The van der Waals surface area contributed by atoms with Gasteiger partial charge in [-0.1, -0.05) is 18.0 Å². The largest absolute Gasteiger partial charge is 0.354 e. The van der Waals surface area contributed by atoms with Gasteiger partial charge in [-0.2, -0.15) is 0 Å². The first-order valence-electron chi connectivity index (χ1n) is 9.14. The summed E-state index contributed by atoms with van der Waals surface area (Å²) in [5.41, 5.74) is 0.650. The van der Waals surface area contributed by atoms with Gasteiger partial charge in [-0.25, -0.2) is 0 Å². The maximum Gasteiger partial charge on any atom is 0.238 e. The summed E-state index contributed by atoms with van der Waals surface area (Å²) in [5, 5.41) is 6.04. The maximum absolute atomic E-state index is 12.4. The van der Waals surface area contributed by atoms with Crippen molar-refractivity contribution in [3.63, 3.8) is 0 Å². The molecule has 0 aromatic heterocycles. The van der Waals surface area contributed by atoms with Crippen molar-refractivity contribution < 1.29 is 9.59 Å². The smallest absolute Gasteiger partial charge is 0.238 e. The Kier molecular flexibility index (Phi) is 6.15. The fraction of sp³-hybridized carbons (Fsp3) is 0.579. The molecule has 5 nitrogen and oxygen atoms in total. The molecule has 3 rings (SSSR count). The average molecular weight is 396 g/mol. The monoisotopic (exact) mass is 395 g/mol. The van der Waals surface area contributed by atoms with Crippen molar-refractivity contribution in [2.45, 2.75) is 55.2 Å². The predicted octanol–water partition coefficient (Wildman–Crippen LogP) is 3.52. The van der Waals surface area contributed by atoms with Gasteiger partial charge in [0.25, 0.3) is 0 Å². The number of benzene rings is 1. The van der Waals surface area contributed by atoms with E-state index in [1.807, 2.05) is 6.07 Å². The number of thioether (sulfide) groups is 1. The quantitative estimate of drug-likeness (QED) is 0.800. The Morgan fingerprint density at radius 2 is 2.08 bits per heavy atom. The molecule has 0 radical (unpaired) electrons. The van der Waals surface area contributed by atoms with Crippen LogP contribution in [0.4, 0.5) is 5.69 Å². The zero-order valence-corrected chi connectivity index (χ0v) is 16.9. The van der Waals surface area contributed by atoms with Crippen molar-refractivity contribution in [2.75, 3.05) is 25.0 Å². The number of anilines is 1. The summed E-state index contributed by atoms with van der Waals surface area (Å²) < 4.78 is 0. The molecule has 1 aromatic rings. The number of nitrogens with zero attached hydrogens (tertiary/aromatic N) is 1. The number of rotatable bonds is 5. The highest BCUT2D eigenvalue weighted by Crippen LogP contribution is 2.38. The fourth-order valence-electron chi connectivity index (χ4n) is 3.42. The van der Waals surface area contributed by atoms with Crippen LogP contribution in [-0.4, -0.2) is 47.1 Å². The molecule has 1 atom stereocenters. The lowest BCUT2D eigenvalue weighted by Gasteiger charge is -2.41. The molecule has 2 amide bonds. The molecule has 0 spiro atoms. The Balaban J connectivity index is 1.53. The molecule has 0 aliphatic carbocycles. The van der Waals surface area contributed by atoms with Crippen molar-refractivity contribution in [3.05, 3.63) is 23.2 Å². The summed E-state index contributed by atoms with van der Waals surface area (Å²) in [6.07, 6.45) is 3.91. The lowest BCUT2D eigenvalue weighted by Crippen LogP contribution is -2.53. The van der Waals surface area contributed by atoms with E-state index in [9.17, 15) is 9.59 Å². The molecule has 0 unspecified atom stereocenters. The topological polar surface area (TPSA) is 61.4 Å². The van der Waals surface area contributed by atoms with Crippen LogP contribution < -0.4 is 10.6 Å². The van der Waals surface area contributed by atoms with E-state index < -0.39 is 5.25 Å². The molecule has 0 bridgehead atoms. The summed E-state index contributed by atoms with van der Waals surface area (Å²) in [6.45, 7) is 7.10. The van der Waals surface area contributed by atoms with Crippen LogP contribution in [-0.2, 0) is 9.59 Å². The SMILES string of the molecule is CC(C)(CNC(=O)C[C@@H]1Sc2ccc(Cl)cc2NC1=O)N1CCCCC1. The van der Waals surface area contributed by atoms with Crippen molar-refractivity contribution in [1.29, 1.82) is 0 Å². The highest BCUT2D eigenvalue weighted by molar-refractivity contribution is 8.01. The molecular weight excluding hydrogens is 370 g/mol. The van der Waals surface area contributed by atoms with Crippen LogP contribution in [0.3, 0.4) is 0 Å². The van der Waals surface area contributed by atoms with Crippen LogP contribution in [0.25, 0.3) is 0 Å². The van der Waals surface area contributed by atoms with E-state index in [1.165, 1.54) is 31.0 Å². The van der Waals surface area contributed by atoms with Crippen LogP contribution in [0.15, 0.2) is 23.1 Å². The summed E-state index contributed by atoms with van der Waals surface area (Å²) >= 11 is 7.39. The first-order chi connectivity index (χ1) is 12.3. The Labute approximate surface area is 164 Å². The third-order valence-electron chi connectivity index (χ3n) is 5.06. The van der Waals surface area contributed by atoms with Gasteiger partial charge in [-0.3, -0.25) is 14.5 Å². The number of carbonyl (C=O) groups excluding carboxylic acids is 2. The van der Waals surface area contributed by atoms with Crippen LogP contribution >= 0.6 is 23.4 Å². The van der Waals surface area contributed by atoms with Gasteiger partial charge in [-0.05, 0) is 58.0 Å². The molecule has 2 heterocycles. The van der Waals surface area contributed by atoms with Crippen LogP contribution in [0.5, 0.6) is 0 Å². The lowest BCUT2D eigenvalue weighted by molar-refractivity contribution is -0.124. The van der Waals surface area contributed by atoms with Crippen molar-refractivity contribution >= 4 is 40.9 Å². The summed E-state index contributed by atoms with van der Waals surface area (Å²) in [4.78, 5) is 28.1. The second-order valence-electron chi connectivity index (χ2n) is 7.58. The van der Waals surface area contributed by atoms with Crippen molar-refractivity contribution in [3.8, 4) is 0 Å². The van der Waals surface area contributed by atoms with E-state index in [-0.39, 0.29) is 23.8 Å². The molecular formula is C19H26ClN3O2S. The second-order valence-corrected chi connectivity index (χ2v) is 9.26. The Bertz CT molecular complexity index is 689. The minimum Gasteiger partial charge on any atom is -0.354 e. The first kappa shape index (κ1) is 19.5. The van der Waals surface area contributed by atoms with E-state index >= 15 is 0 Å². The van der Waals surface area contributed by atoms with E-state index in [0.29, 0.717) is 11.6 Å². The normalized spacial score (nSPS) is 21.0. The van der Waals surface area contributed by atoms with Gasteiger partial charge in [-0.15, -0.1) is 11.8 Å². The third kappa shape index (κ3) is 4.72. The minimum atomic E-state index is -0.415. The summed E-state index contributed by atoms with van der Waals surface area (Å²) in [5.74, 6) is -0.227. The van der Waals surface area contributed by atoms with E-state index in [1.54, 1.807) is 12.1 Å². The number of hydrogen-bond donors (Lipinski definition) is 2. The standard InChI is InChI=1S/C19H26ClN3O2S/c1-19(2,23-8-4-3-5-9-23)12-21-17(24)11-16-18(25)22-14-10-13(20)6-7-15(14)26-16/h6-7,10,16H,3-5,8-9,11-12H2,1-2H3,(H,21,24)(H,22,25)/t16-/m0/s1. The number of piperidine rings is 1. The molecule has 142 valence electrons. The van der Waals surface area contributed by atoms with Gasteiger partial charge in [0.1, 0.15) is 0 Å². The number of likely N-dealkylation sites (tertiary alicyclic amines) is 1. The van der Waals surface area contributed by atoms with Gasteiger partial charge < -0.3 is 10.6 Å². The van der Waals surface area contributed by atoms with Gasteiger partial charge in [0.2, 0.25) is 11.8 Å². The molecule has 7 heteroatoms. The summed E-state index contributed by atoms with van der Waals surface area (Å²) in [6, 6.07) is 5.41. The fourth-order valence-corrected chi connectivity index (χ4v) is 4.69. The predicted molar refractivity (Wildman–Crippen MR) is 107 cm³/mol. The van der Waals surface area contributed by atoms with Crippen LogP contribution in [0.1, 0.15) is 39.5 Å². The second kappa shape index (κ2) is 8.19. The molecule has 2 aliphatic rings. The summed E-state index contributed by atoms with van der Waals surface area (Å²) in [7, 11) is 0. The van der Waals surface area contributed by atoms with Gasteiger partial charge in [0, 0.05) is 28.4 Å².